The van der Waals surface area contributed by atoms with Crippen LogP contribution in [-0.2, 0) is 11.2 Å². The molecule has 0 bridgehead atoms. The van der Waals surface area contributed by atoms with Crippen molar-refractivity contribution in [1.82, 2.24) is 0 Å². The van der Waals surface area contributed by atoms with Crippen LogP contribution in [0.25, 0.3) is 0 Å². The zero-order valence-electron chi connectivity index (χ0n) is 11.6. The summed E-state index contributed by atoms with van der Waals surface area (Å²) in [5, 5.41) is 18.7. The average molecular weight is 283 g/mol. The number of fused-ring (bicyclic) bond motifs is 1. The fourth-order valence-corrected chi connectivity index (χ4v) is 2.50. The van der Waals surface area contributed by atoms with Gasteiger partial charge in [0.1, 0.15) is 6.10 Å². The molecule has 2 aromatic carbocycles. The number of phenols is 2. The van der Waals surface area contributed by atoms with Gasteiger partial charge in [0.05, 0.1) is 13.2 Å². The van der Waals surface area contributed by atoms with Crippen LogP contribution in [0.3, 0.4) is 0 Å². The Morgan fingerprint density at radius 2 is 2.00 bits per heavy atom. The molecule has 1 atom stereocenters. The quantitative estimate of drug-likeness (QED) is 0.672. The van der Waals surface area contributed by atoms with Crippen molar-refractivity contribution in [3.63, 3.8) is 0 Å². The molecule has 1 aliphatic heterocycles. The number of aliphatic imine (C=N–C) groups is 1. The highest BCUT2D eigenvalue weighted by Crippen LogP contribution is 2.27. The Morgan fingerprint density at radius 1 is 1.14 bits per heavy atom. The monoisotopic (exact) mass is 283 g/mol. The van der Waals surface area contributed by atoms with Gasteiger partial charge in [-0.3, -0.25) is 4.99 Å². The lowest BCUT2D eigenvalue weighted by molar-refractivity contribution is 0.0489. The molecular weight excluding hydrogens is 266 g/mol. The van der Waals surface area contributed by atoms with Crippen LogP contribution in [-0.4, -0.2) is 29.6 Å². The second-order valence-electron chi connectivity index (χ2n) is 5.05. The van der Waals surface area contributed by atoms with Gasteiger partial charge in [0.15, 0.2) is 11.5 Å². The highest BCUT2D eigenvalue weighted by Gasteiger charge is 2.19. The average Bonchev–Trinajstić information content (AvgIpc) is 2.51. The molecule has 0 saturated heterocycles. The van der Waals surface area contributed by atoms with E-state index in [-0.39, 0.29) is 17.6 Å². The molecule has 0 amide bonds. The molecule has 3 rings (SSSR count). The smallest absolute Gasteiger partial charge is 0.158 e. The molecule has 4 heteroatoms. The van der Waals surface area contributed by atoms with Crippen LogP contribution < -0.4 is 0 Å². The second-order valence-corrected chi connectivity index (χ2v) is 5.05. The van der Waals surface area contributed by atoms with Crippen molar-refractivity contribution < 1.29 is 14.9 Å². The maximum Gasteiger partial charge on any atom is 0.158 e. The first-order chi connectivity index (χ1) is 10.2. The maximum atomic E-state index is 9.44. The van der Waals surface area contributed by atoms with Gasteiger partial charge in [-0.15, -0.1) is 0 Å². The summed E-state index contributed by atoms with van der Waals surface area (Å²) in [7, 11) is 0. The number of phenolic OH excluding ortho intramolecular Hbond substituents is 2. The number of benzene rings is 2. The molecule has 0 fully saturated rings. The van der Waals surface area contributed by atoms with Crippen LogP contribution >= 0.6 is 0 Å². The lowest BCUT2D eigenvalue weighted by Gasteiger charge is -2.24. The lowest BCUT2D eigenvalue weighted by Crippen LogP contribution is -2.18. The Bertz CT molecular complexity index is 667. The van der Waals surface area contributed by atoms with Gasteiger partial charge in [0.25, 0.3) is 0 Å². The van der Waals surface area contributed by atoms with E-state index >= 15 is 0 Å². The van der Waals surface area contributed by atoms with Gasteiger partial charge in [-0.2, -0.15) is 0 Å². The summed E-state index contributed by atoms with van der Waals surface area (Å²) in [5.41, 5.74) is 3.27. The fourth-order valence-electron chi connectivity index (χ4n) is 2.50. The van der Waals surface area contributed by atoms with Gasteiger partial charge in [-0.1, -0.05) is 24.3 Å². The molecule has 21 heavy (non-hydrogen) atoms. The van der Waals surface area contributed by atoms with E-state index in [0.29, 0.717) is 6.54 Å². The zero-order valence-corrected chi connectivity index (χ0v) is 11.6. The summed E-state index contributed by atoms with van der Waals surface area (Å²) < 4.78 is 5.78. The number of rotatable bonds is 3. The van der Waals surface area contributed by atoms with Gasteiger partial charge in [-0.05, 0) is 41.3 Å². The predicted octanol–water partition coefficient (Wildman–Crippen LogP) is 2.83. The van der Waals surface area contributed by atoms with Crippen molar-refractivity contribution in [3.8, 4) is 11.5 Å². The van der Waals surface area contributed by atoms with Crippen LogP contribution in [0.2, 0.25) is 0 Å². The van der Waals surface area contributed by atoms with E-state index in [1.807, 2.05) is 12.1 Å². The minimum Gasteiger partial charge on any atom is -0.504 e. The van der Waals surface area contributed by atoms with Gasteiger partial charge >= 0.3 is 0 Å². The summed E-state index contributed by atoms with van der Waals surface area (Å²) >= 11 is 0. The molecule has 0 unspecified atom stereocenters. The normalized spacial score (nSPS) is 17.8. The summed E-state index contributed by atoms with van der Waals surface area (Å²) in [6.45, 7) is 1.26. The number of nitrogens with zero attached hydrogens (tertiary/aromatic N) is 1. The van der Waals surface area contributed by atoms with Gasteiger partial charge in [0, 0.05) is 6.21 Å². The Morgan fingerprint density at radius 3 is 2.86 bits per heavy atom. The first kappa shape index (κ1) is 13.6. The summed E-state index contributed by atoms with van der Waals surface area (Å²) in [5.74, 6) is -0.269. The van der Waals surface area contributed by atoms with E-state index in [4.69, 9.17) is 4.74 Å². The first-order valence-corrected chi connectivity index (χ1v) is 6.95. The number of aromatic hydroxyl groups is 2. The van der Waals surface area contributed by atoms with Gasteiger partial charge in [0.2, 0.25) is 0 Å². The van der Waals surface area contributed by atoms with E-state index in [0.717, 1.165) is 18.6 Å². The highest BCUT2D eigenvalue weighted by molar-refractivity contribution is 5.80. The molecule has 0 saturated carbocycles. The van der Waals surface area contributed by atoms with Crippen molar-refractivity contribution in [3.05, 3.63) is 59.2 Å². The predicted molar refractivity (Wildman–Crippen MR) is 81.1 cm³/mol. The van der Waals surface area contributed by atoms with Crippen molar-refractivity contribution in [2.24, 2.45) is 4.99 Å². The largest absolute Gasteiger partial charge is 0.504 e. The minimum absolute atomic E-state index is 0.0167. The Labute approximate surface area is 123 Å². The molecule has 2 N–H and O–H groups in total. The Kier molecular flexibility index (Phi) is 3.88. The van der Waals surface area contributed by atoms with Crippen molar-refractivity contribution in [1.29, 1.82) is 0 Å². The van der Waals surface area contributed by atoms with E-state index in [9.17, 15) is 10.2 Å². The molecule has 0 radical (unpaired) electrons. The van der Waals surface area contributed by atoms with Crippen molar-refractivity contribution in [2.45, 2.75) is 12.5 Å². The number of ether oxygens (including phenoxy) is 1. The van der Waals surface area contributed by atoms with Crippen LogP contribution in [0, 0.1) is 0 Å². The van der Waals surface area contributed by atoms with E-state index in [1.165, 1.54) is 23.3 Å². The molecule has 2 aromatic rings. The molecule has 1 heterocycles. The van der Waals surface area contributed by atoms with Crippen LogP contribution in [0.5, 0.6) is 11.5 Å². The summed E-state index contributed by atoms with van der Waals surface area (Å²) in [6.07, 6.45) is 2.61. The fraction of sp³-hybridized carbons (Fsp3) is 0.235. The minimum atomic E-state index is -0.141. The highest BCUT2D eigenvalue weighted by atomic mass is 16.5. The van der Waals surface area contributed by atoms with Crippen molar-refractivity contribution in [2.75, 3.05) is 13.2 Å². The molecular formula is C17H17NO3. The molecule has 4 nitrogen and oxygen atoms in total. The maximum absolute atomic E-state index is 9.44. The van der Waals surface area contributed by atoms with Crippen LogP contribution in [0.1, 0.15) is 22.8 Å². The standard InChI is InChI=1S/C17H17NO3/c19-15-6-5-12(9-16(15)20)10-18-11-17-14-4-2-1-3-13(14)7-8-21-17/h1-6,9-10,17,19-20H,7-8,11H2/t17-/m0/s1. The number of hydrogen-bond donors (Lipinski definition) is 2. The van der Waals surface area contributed by atoms with Crippen molar-refractivity contribution >= 4 is 6.21 Å². The van der Waals surface area contributed by atoms with E-state index < -0.39 is 0 Å². The Balaban J connectivity index is 1.70. The van der Waals surface area contributed by atoms with Gasteiger partial charge < -0.3 is 14.9 Å². The molecule has 0 spiro atoms. The number of hydrogen-bond acceptors (Lipinski definition) is 4. The van der Waals surface area contributed by atoms with Crippen LogP contribution in [0.4, 0.5) is 0 Å². The van der Waals surface area contributed by atoms with E-state index in [1.54, 1.807) is 12.3 Å². The second kappa shape index (κ2) is 5.97. The summed E-state index contributed by atoms with van der Waals surface area (Å²) in [6, 6.07) is 12.9. The molecule has 108 valence electrons. The SMILES string of the molecule is Oc1ccc(C=NC[C@@H]2OCCc3ccccc32)cc1O. The molecule has 0 aromatic heterocycles. The Hall–Kier alpha value is -2.33. The van der Waals surface area contributed by atoms with Gasteiger partial charge in [-0.25, -0.2) is 0 Å². The summed E-state index contributed by atoms with van der Waals surface area (Å²) in [4.78, 5) is 4.39. The van der Waals surface area contributed by atoms with E-state index in [2.05, 4.69) is 17.1 Å². The zero-order chi connectivity index (χ0) is 14.7. The molecule has 1 aliphatic rings. The molecule has 0 aliphatic carbocycles. The van der Waals surface area contributed by atoms with Crippen LogP contribution in [0.15, 0.2) is 47.5 Å². The lowest BCUT2D eigenvalue weighted by atomic mass is 9.98. The third-order valence-electron chi connectivity index (χ3n) is 3.60. The topological polar surface area (TPSA) is 62.1 Å². The third kappa shape index (κ3) is 3.06. The first-order valence-electron chi connectivity index (χ1n) is 6.95. The third-order valence-corrected chi connectivity index (χ3v) is 3.60.